The van der Waals surface area contributed by atoms with Crippen molar-refractivity contribution < 1.29 is 0 Å². The molecular formula is C14H31B. The lowest BCUT2D eigenvalue weighted by atomic mass is 9.69. The molecular weight excluding hydrogens is 179 g/mol. The van der Waals surface area contributed by atoms with Crippen molar-refractivity contribution in [1.29, 1.82) is 0 Å². The van der Waals surface area contributed by atoms with Crippen LogP contribution in [0.25, 0.3) is 0 Å². The zero-order chi connectivity index (χ0) is 11.9. The fourth-order valence-electron chi connectivity index (χ4n) is 2.35. The zero-order valence-corrected chi connectivity index (χ0v) is 11.9. The van der Waals surface area contributed by atoms with Crippen molar-refractivity contribution >= 4 is 7.85 Å². The molecule has 15 heavy (non-hydrogen) atoms. The molecule has 0 heterocycles. The third-order valence-electron chi connectivity index (χ3n) is 4.26. The number of hydrogen-bond acceptors (Lipinski definition) is 0. The van der Waals surface area contributed by atoms with Crippen LogP contribution in [0.1, 0.15) is 66.7 Å². The summed E-state index contributed by atoms with van der Waals surface area (Å²) in [7, 11) is 2.29. The molecule has 2 unspecified atom stereocenters. The highest BCUT2D eigenvalue weighted by Gasteiger charge is 2.28. The molecule has 0 fully saturated rings. The van der Waals surface area contributed by atoms with E-state index < -0.39 is 0 Å². The van der Waals surface area contributed by atoms with Gasteiger partial charge >= 0.3 is 0 Å². The van der Waals surface area contributed by atoms with E-state index >= 15 is 0 Å². The normalized spacial score (nSPS) is 17.7. The topological polar surface area (TPSA) is 0 Å². The fourth-order valence-corrected chi connectivity index (χ4v) is 2.35. The van der Waals surface area contributed by atoms with E-state index in [0.29, 0.717) is 5.41 Å². The molecule has 2 atom stereocenters. The first-order valence-electron chi connectivity index (χ1n) is 6.96. The summed E-state index contributed by atoms with van der Waals surface area (Å²) in [6.07, 6.45) is 8.33. The summed E-state index contributed by atoms with van der Waals surface area (Å²) in [6.45, 7) is 12.0. The van der Waals surface area contributed by atoms with Gasteiger partial charge in [0.25, 0.3) is 0 Å². The fraction of sp³-hybridized carbons (Fsp3) is 1.00. The lowest BCUT2D eigenvalue weighted by Gasteiger charge is -2.36. The molecule has 0 amide bonds. The van der Waals surface area contributed by atoms with Crippen LogP contribution in [0.4, 0.5) is 0 Å². The number of unbranched alkanes of at least 4 members (excludes halogenated alkanes) is 1. The molecule has 0 spiro atoms. The Hall–Kier alpha value is 0.0649. The quantitative estimate of drug-likeness (QED) is 0.413. The molecule has 1 heteroatoms. The highest BCUT2D eigenvalue weighted by atomic mass is 14.3. The van der Waals surface area contributed by atoms with Crippen LogP contribution >= 0.6 is 0 Å². The second kappa shape index (κ2) is 7.36. The summed E-state index contributed by atoms with van der Waals surface area (Å²) in [5.74, 6) is 1.71. The first-order chi connectivity index (χ1) is 6.96. The van der Waals surface area contributed by atoms with Crippen molar-refractivity contribution in [1.82, 2.24) is 0 Å². The minimum atomic E-state index is 0.574. The molecule has 0 aliphatic heterocycles. The van der Waals surface area contributed by atoms with Gasteiger partial charge in [0.2, 0.25) is 0 Å². The van der Waals surface area contributed by atoms with Crippen LogP contribution in [0.5, 0.6) is 0 Å². The predicted molar refractivity (Wildman–Crippen MR) is 74.2 cm³/mol. The SMILES string of the molecule is BCCCCC(C)(CC(C)CC)C(C)C. The van der Waals surface area contributed by atoms with E-state index in [-0.39, 0.29) is 0 Å². The Kier molecular flexibility index (Phi) is 7.39. The van der Waals surface area contributed by atoms with Gasteiger partial charge < -0.3 is 0 Å². The molecule has 0 aliphatic rings. The molecule has 0 bridgehead atoms. The standard InChI is InChI=1S/C14H31B/c1-6-13(4)11-14(5,12(2)3)9-7-8-10-15/h12-13H,6-11,15H2,1-5H3. The van der Waals surface area contributed by atoms with E-state index in [4.69, 9.17) is 0 Å². The van der Waals surface area contributed by atoms with Crippen LogP contribution in [0.2, 0.25) is 6.32 Å². The minimum absolute atomic E-state index is 0.574. The monoisotopic (exact) mass is 210 g/mol. The Balaban J connectivity index is 4.19. The van der Waals surface area contributed by atoms with Crippen molar-refractivity contribution in [3.8, 4) is 0 Å². The molecule has 0 aliphatic carbocycles. The van der Waals surface area contributed by atoms with Crippen LogP contribution in [-0.4, -0.2) is 7.85 Å². The second-order valence-electron chi connectivity index (χ2n) is 5.98. The van der Waals surface area contributed by atoms with Crippen LogP contribution in [0, 0.1) is 17.3 Å². The van der Waals surface area contributed by atoms with E-state index in [1.807, 2.05) is 0 Å². The maximum Gasteiger partial charge on any atom is 0.101 e. The Bertz CT molecular complexity index is 153. The van der Waals surface area contributed by atoms with E-state index in [2.05, 4.69) is 42.5 Å². The Morgan fingerprint density at radius 2 is 1.73 bits per heavy atom. The summed E-state index contributed by atoms with van der Waals surface area (Å²) < 4.78 is 0. The largest absolute Gasteiger partial charge is 0.101 e. The summed E-state index contributed by atoms with van der Waals surface area (Å²) >= 11 is 0. The van der Waals surface area contributed by atoms with Crippen molar-refractivity contribution in [3.05, 3.63) is 0 Å². The van der Waals surface area contributed by atoms with Crippen molar-refractivity contribution in [3.63, 3.8) is 0 Å². The van der Waals surface area contributed by atoms with Crippen LogP contribution < -0.4 is 0 Å². The number of hydrogen-bond donors (Lipinski definition) is 0. The first-order valence-corrected chi connectivity index (χ1v) is 6.96. The number of rotatable bonds is 8. The summed E-state index contributed by atoms with van der Waals surface area (Å²) in [5, 5.41) is 0. The predicted octanol–water partition coefficient (Wildman–Crippen LogP) is 4.31. The van der Waals surface area contributed by atoms with Gasteiger partial charge in [0.05, 0.1) is 0 Å². The van der Waals surface area contributed by atoms with Gasteiger partial charge in [-0.3, -0.25) is 0 Å². The molecule has 0 saturated heterocycles. The van der Waals surface area contributed by atoms with E-state index in [0.717, 1.165) is 11.8 Å². The maximum atomic E-state index is 2.50. The Morgan fingerprint density at radius 1 is 1.13 bits per heavy atom. The summed E-state index contributed by atoms with van der Waals surface area (Å²) in [4.78, 5) is 0. The summed E-state index contributed by atoms with van der Waals surface area (Å²) in [5.41, 5.74) is 0.574. The smallest absolute Gasteiger partial charge is 0.0811 e. The lowest BCUT2D eigenvalue weighted by molar-refractivity contribution is 0.146. The van der Waals surface area contributed by atoms with Crippen LogP contribution in [-0.2, 0) is 0 Å². The van der Waals surface area contributed by atoms with Gasteiger partial charge in [-0.25, -0.2) is 0 Å². The highest BCUT2D eigenvalue weighted by Crippen LogP contribution is 2.39. The highest BCUT2D eigenvalue weighted by molar-refractivity contribution is 6.08. The van der Waals surface area contributed by atoms with E-state index in [1.54, 1.807) is 0 Å². The first kappa shape index (κ1) is 15.1. The third kappa shape index (κ3) is 5.63. The van der Waals surface area contributed by atoms with Gasteiger partial charge in [-0.2, -0.15) is 0 Å². The van der Waals surface area contributed by atoms with Gasteiger partial charge in [0, 0.05) is 0 Å². The molecule has 0 saturated carbocycles. The third-order valence-corrected chi connectivity index (χ3v) is 4.26. The van der Waals surface area contributed by atoms with Gasteiger partial charge in [-0.15, -0.1) is 0 Å². The van der Waals surface area contributed by atoms with Gasteiger partial charge in [-0.1, -0.05) is 60.2 Å². The zero-order valence-electron chi connectivity index (χ0n) is 11.9. The van der Waals surface area contributed by atoms with Gasteiger partial charge in [-0.05, 0) is 30.1 Å². The van der Waals surface area contributed by atoms with Crippen LogP contribution in [0.15, 0.2) is 0 Å². The minimum Gasteiger partial charge on any atom is -0.0811 e. The van der Waals surface area contributed by atoms with Gasteiger partial charge in [0.15, 0.2) is 0 Å². The average Bonchev–Trinajstić information content (AvgIpc) is 2.17. The maximum absolute atomic E-state index is 2.50. The van der Waals surface area contributed by atoms with Crippen LogP contribution in [0.3, 0.4) is 0 Å². The van der Waals surface area contributed by atoms with E-state index in [9.17, 15) is 0 Å². The Morgan fingerprint density at radius 3 is 2.13 bits per heavy atom. The van der Waals surface area contributed by atoms with Crippen molar-refractivity contribution in [2.75, 3.05) is 0 Å². The molecule has 0 aromatic rings. The molecule has 0 aromatic heterocycles. The molecule has 0 aromatic carbocycles. The van der Waals surface area contributed by atoms with Crippen molar-refractivity contribution in [2.24, 2.45) is 17.3 Å². The molecule has 0 rings (SSSR count). The summed E-state index contributed by atoms with van der Waals surface area (Å²) in [6, 6.07) is 0. The molecule has 0 N–H and O–H groups in total. The van der Waals surface area contributed by atoms with Gasteiger partial charge in [0.1, 0.15) is 7.85 Å². The molecule has 90 valence electrons. The molecule has 0 nitrogen and oxygen atoms in total. The van der Waals surface area contributed by atoms with E-state index in [1.165, 1.54) is 38.4 Å². The Labute approximate surface area is 98.6 Å². The van der Waals surface area contributed by atoms with Crippen molar-refractivity contribution in [2.45, 2.75) is 73.0 Å². The second-order valence-corrected chi connectivity index (χ2v) is 5.98. The lowest BCUT2D eigenvalue weighted by Crippen LogP contribution is -2.26. The average molecular weight is 210 g/mol. The molecule has 0 radical (unpaired) electrons.